The third kappa shape index (κ3) is 5.55. The van der Waals surface area contributed by atoms with Crippen LogP contribution in [-0.2, 0) is 14.4 Å². The van der Waals surface area contributed by atoms with E-state index in [0.29, 0.717) is 6.54 Å². The quantitative estimate of drug-likeness (QED) is 0.779. The lowest BCUT2D eigenvalue weighted by atomic mass is 9.91. The highest BCUT2D eigenvalue weighted by Crippen LogP contribution is 2.37. The van der Waals surface area contributed by atoms with Gasteiger partial charge in [-0.3, -0.25) is 9.59 Å². The predicted molar refractivity (Wildman–Crippen MR) is 106 cm³/mol. The molecule has 1 unspecified atom stereocenters. The van der Waals surface area contributed by atoms with Crippen molar-refractivity contribution in [3.05, 3.63) is 30.3 Å². The Morgan fingerprint density at radius 2 is 1.77 bits per heavy atom. The molecule has 4 rings (SSSR count). The lowest BCUT2D eigenvalue weighted by Crippen LogP contribution is -2.66. The first kappa shape index (κ1) is 23.1. The van der Waals surface area contributed by atoms with Crippen LogP contribution < -0.4 is 4.90 Å². The number of alkyl halides is 3. The number of aliphatic carboxylic acids is 1. The fourth-order valence-electron chi connectivity index (χ4n) is 4.26. The highest BCUT2D eigenvalue weighted by atomic mass is 19.4. The average molecular weight is 441 g/mol. The molecule has 1 spiro atoms. The van der Waals surface area contributed by atoms with Crippen molar-refractivity contribution < 1.29 is 32.7 Å². The summed E-state index contributed by atoms with van der Waals surface area (Å²) in [6.45, 7) is 5.46. The number of nitrogens with zero attached hydrogens (tertiary/aromatic N) is 3. The molecule has 0 aromatic heterocycles. The first-order valence-electron chi connectivity index (χ1n) is 10.2. The second kappa shape index (κ2) is 8.86. The minimum Gasteiger partial charge on any atom is -0.475 e. The fraction of sp³-hybridized carbons (Fsp3) is 0.571. The summed E-state index contributed by atoms with van der Waals surface area (Å²) in [5, 5.41) is 7.12. The maximum absolute atomic E-state index is 12.6. The Morgan fingerprint density at radius 1 is 1.16 bits per heavy atom. The Labute approximate surface area is 178 Å². The molecule has 0 radical (unpaired) electrons. The number of hydrogen-bond acceptors (Lipinski definition) is 4. The standard InChI is InChI=1S/C19H25N3O2.C2HF3O2/c1-15(23)22-12-18(24)21(17-5-3-2-4-6-17)14-19(22)9-10-20(13-19)11-16-7-8-16;3-2(4,5)1(6)7/h2-6,16H,7-14H2,1H3;(H,6,7). The van der Waals surface area contributed by atoms with Gasteiger partial charge in [0.15, 0.2) is 0 Å². The number of piperazine rings is 1. The molecule has 1 aromatic carbocycles. The van der Waals surface area contributed by atoms with Crippen molar-refractivity contribution in [3.8, 4) is 0 Å². The van der Waals surface area contributed by atoms with Gasteiger partial charge in [0, 0.05) is 32.2 Å². The molecule has 3 aliphatic rings. The maximum atomic E-state index is 12.6. The summed E-state index contributed by atoms with van der Waals surface area (Å²) in [6.07, 6.45) is -1.45. The summed E-state index contributed by atoms with van der Waals surface area (Å²) < 4.78 is 31.7. The summed E-state index contributed by atoms with van der Waals surface area (Å²) in [5.74, 6) is -1.87. The Kier molecular flexibility index (Phi) is 6.59. The van der Waals surface area contributed by atoms with Gasteiger partial charge >= 0.3 is 12.1 Å². The number of para-hydroxylation sites is 1. The van der Waals surface area contributed by atoms with Gasteiger partial charge in [0.25, 0.3) is 0 Å². The second-order valence-corrected chi connectivity index (χ2v) is 8.38. The number of carbonyl (C=O) groups excluding carboxylic acids is 2. The van der Waals surface area contributed by atoms with Crippen LogP contribution in [0.2, 0.25) is 0 Å². The minimum absolute atomic E-state index is 0.0164. The van der Waals surface area contributed by atoms with Crippen LogP contribution in [0.4, 0.5) is 18.9 Å². The van der Waals surface area contributed by atoms with Crippen LogP contribution >= 0.6 is 0 Å². The number of anilines is 1. The molecule has 1 aromatic rings. The predicted octanol–water partition coefficient (Wildman–Crippen LogP) is 2.37. The topological polar surface area (TPSA) is 81.2 Å². The number of carboxylic acids is 1. The van der Waals surface area contributed by atoms with Crippen LogP contribution in [0.1, 0.15) is 26.2 Å². The molecular weight excluding hydrogens is 415 g/mol. The molecule has 2 aliphatic heterocycles. The number of rotatable bonds is 3. The van der Waals surface area contributed by atoms with E-state index in [2.05, 4.69) is 4.90 Å². The number of benzene rings is 1. The minimum atomic E-state index is -5.08. The molecular formula is C21H26F3N3O4. The number of carbonyl (C=O) groups is 3. The van der Waals surface area contributed by atoms with E-state index in [9.17, 15) is 22.8 Å². The number of amides is 2. The van der Waals surface area contributed by atoms with E-state index in [1.165, 1.54) is 12.8 Å². The van der Waals surface area contributed by atoms with Crippen molar-refractivity contribution in [2.24, 2.45) is 5.92 Å². The van der Waals surface area contributed by atoms with Crippen LogP contribution in [0.3, 0.4) is 0 Å². The van der Waals surface area contributed by atoms with Crippen molar-refractivity contribution in [2.45, 2.75) is 37.9 Å². The second-order valence-electron chi connectivity index (χ2n) is 8.38. The molecule has 2 saturated heterocycles. The lowest BCUT2D eigenvalue weighted by Gasteiger charge is -2.48. The Hall–Kier alpha value is -2.62. The smallest absolute Gasteiger partial charge is 0.475 e. The van der Waals surface area contributed by atoms with E-state index in [1.54, 1.807) is 6.92 Å². The summed E-state index contributed by atoms with van der Waals surface area (Å²) in [6, 6.07) is 9.84. The third-order valence-corrected chi connectivity index (χ3v) is 5.93. The van der Waals surface area contributed by atoms with Gasteiger partial charge < -0.3 is 19.8 Å². The Balaban J connectivity index is 0.000000339. The first-order valence-corrected chi connectivity index (χ1v) is 10.2. The van der Waals surface area contributed by atoms with Crippen LogP contribution in [0.15, 0.2) is 30.3 Å². The largest absolute Gasteiger partial charge is 0.490 e. The van der Waals surface area contributed by atoms with E-state index in [0.717, 1.165) is 37.7 Å². The molecule has 0 bridgehead atoms. The maximum Gasteiger partial charge on any atom is 0.490 e. The zero-order chi connectivity index (χ0) is 22.8. The highest BCUT2D eigenvalue weighted by molar-refractivity contribution is 5.98. The zero-order valence-electron chi connectivity index (χ0n) is 17.3. The first-order chi connectivity index (χ1) is 14.5. The van der Waals surface area contributed by atoms with Gasteiger partial charge in [0.2, 0.25) is 11.8 Å². The van der Waals surface area contributed by atoms with Crippen LogP contribution in [0.25, 0.3) is 0 Å². The van der Waals surface area contributed by atoms with Crippen molar-refractivity contribution in [2.75, 3.05) is 37.6 Å². The van der Waals surface area contributed by atoms with Crippen LogP contribution in [0, 0.1) is 5.92 Å². The summed E-state index contributed by atoms with van der Waals surface area (Å²) in [7, 11) is 0. The van der Waals surface area contributed by atoms with E-state index < -0.39 is 12.1 Å². The molecule has 2 heterocycles. The summed E-state index contributed by atoms with van der Waals surface area (Å²) in [4.78, 5) is 40.0. The van der Waals surface area contributed by atoms with Gasteiger partial charge in [-0.05, 0) is 37.3 Å². The number of halogens is 3. The van der Waals surface area contributed by atoms with Gasteiger partial charge in [0.1, 0.15) is 6.54 Å². The van der Waals surface area contributed by atoms with Gasteiger partial charge in [-0.25, -0.2) is 4.79 Å². The fourth-order valence-corrected chi connectivity index (χ4v) is 4.26. The molecule has 2 amide bonds. The average Bonchev–Trinajstić information content (AvgIpc) is 3.43. The highest BCUT2D eigenvalue weighted by Gasteiger charge is 2.50. The molecule has 1 N–H and O–H groups in total. The third-order valence-electron chi connectivity index (χ3n) is 5.93. The molecule has 31 heavy (non-hydrogen) atoms. The summed E-state index contributed by atoms with van der Waals surface area (Å²) >= 11 is 0. The van der Waals surface area contributed by atoms with E-state index >= 15 is 0 Å². The molecule has 10 heteroatoms. The van der Waals surface area contributed by atoms with Crippen molar-refractivity contribution in [3.63, 3.8) is 0 Å². The zero-order valence-corrected chi connectivity index (χ0v) is 17.3. The van der Waals surface area contributed by atoms with Crippen molar-refractivity contribution >= 4 is 23.5 Å². The number of hydrogen-bond donors (Lipinski definition) is 1. The molecule has 3 fully saturated rings. The van der Waals surface area contributed by atoms with Gasteiger partial charge in [-0.1, -0.05) is 18.2 Å². The van der Waals surface area contributed by atoms with E-state index in [-0.39, 0.29) is 23.9 Å². The van der Waals surface area contributed by atoms with Gasteiger partial charge in [0.05, 0.1) is 12.1 Å². The number of likely N-dealkylation sites (tertiary alicyclic amines) is 1. The van der Waals surface area contributed by atoms with Crippen LogP contribution in [0.5, 0.6) is 0 Å². The normalized spacial score (nSPS) is 24.2. The molecule has 170 valence electrons. The van der Waals surface area contributed by atoms with E-state index in [4.69, 9.17) is 9.90 Å². The summed E-state index contributed by atoms with van der Waals surface area (Å²) in [5.41, 5.74) is 0.704. The van der Waals surface area contributed by atoms with E-state index in [1.807, 2.05) is 40.1 Å². The Bertz CT molecular complexity index is 829. The van der Waals surface area contributed by atoms with Gasteiger partial charge in [-0.15, -0.1) is 0 Å². The molecule has 1 saturated carbocycles. The molecule has 1 aliphatic carbocycles. The lowest BCUT2D eigenvalue weighted by molar-refractivity contribution is -0.192. The SMILES string of the molecule is CC(=O)N1CC(=O)N(c2ccccc2)CC12CCN(CC1CC1)C2.O=C(O)C(F)(F)F. The monoisotopic (exact) mass is 441 g/mol. The van der Waals surface area contributed by atoms with Crippen LogP contribution in [-0.4, -0.2) is 77.1 Å². The van der Waals surface area contributed by atoms with Crippen molar-refractivity contribution in [1.29, 1.82) is 0 Å². The van der Waals surface area contributed by atoms with Gasteiger partial charge in [-0.2, -0.15) is 13.2 Å². The molecule has 7 nitrogen and oxygen atoms in total. The van der Waals surface area contributed by atoms with Crippen molar-refractivity contribution in [1.82, 2.24) is 9.80 Å². The molecule has 1 atom stereocenters. The Morgan fingerprint density at radius 3 is 2.29 bits per heavy atom. The number of carboxylic acid groups (broad SMARTS) is 1.